The molecule has 0 aromatic heterocycles. The van der Waals surface area contributed by atoms with Crippen molar-refractivity contribution < 1.29 is 9.53 Å². The largest absolute Gasteiger partial charge is 0.459 e. The Kier molecular flexibility index (Phi) is 4.00. The summed E-state index contributed by atoms with van der Waals surface area (Å²) in [7, 11) is 0. The Labute approximate surface area is 111 Å². The standard InChI is InChI=1S/C15H27NO2/c1-11(14(17)18-15(2,3)4)16(9-12-5-6-12)10-13-7-8-13/h11-13H,5-10H2,1-4H3. The van der Waals surface area contributed by atoms with Crippen LogP contribution in [0.5, 0.6) is 0 Å². The van der Waals surface area contributed by atoms with Crippen molar-refractivity contribution in [3.63, 3.8) is 0 Å². The average Bonchev–Trinajstić information content (AvgIpc) is 3.06. The minimum atomic E-state index is -0.379. The lowest BCUT2D eigenvalue weighted by molar-refractivity contribution is -0.161. The quantitative estimate of drug-likeness (QED) is 0.682. The lowest BCUT2D eigenvalue weighted by Gasteiger charge is -2.30. The lowest BCUT2D eigenvalue weighted by Crippen LogP contribution is -2.44. The van der Waals surface area contributed by atoms with Crippen molar-refractivity contribution in [1.82, 2.24) is 4.90 Å². The molecule has 2 aliphatic carbocycles. The zero-order valence-electron chi connectivity index (χ0n) is 12.2. The number of rotatable bonds is 6. The van der Waals surface area contributed by atoms with Crippen LogP contribution in [0.15, 0.2) is 0 Å². The van der Waals surface area contributed by atoms with Gasteiger partial charge < -0.3 is 4.74 Å². The van der Waals surface area contributed by atoms with Crippen molar-refractivity contribution in [3.8, 4) is 0 Å². The van der Waals surface area contributed by atoms with Gasteiger partial charge in [-0.25, -0.2) is 0 Å². The van der Waals surface area contributed by atoms with Crippen LogP contribution in [0, 0.1) is 11.8 Å². The van der Waals surface area contributed by atoms with Gasteiger partial charge in [-0.2, -0.15) is 0 Å². The number of nitrogens with zero attached hydrogens (tertiary/aromatic N) is 1. The van der Waals surface area contributed by atoms with Crippen LogP contribution in [0.3, 0.4) is 0 Å². The van der Waals surface area contributed by atoms with Crippen LogP contribution in [-0.2, 0) is 9.53 Å². The van der Waals surface area contributed by atoms with Crippen molar-refractivity contribution in [1.29, 1.82) is 0 Å². The fourth-order valence-corrected chi connectivity index (χ4v) is 2.19. The molecule has 0 aromatic carbocycles. The van der Waals surface area contributed by atoms with Gasteiger partial charge in [-0.15, -0.1) is 0 Å². The molecule has 0 aliphatic heterocycles. The van der Waals surface area contributed by atoms with Crippen LogP contribution in [0.1, 0.15) is 53.4 Å². The summed E-state index contributed by atoms with van der Waals surface area (Å²) in [4.78, 5) is 14.5. The number of ether oxygens (including phenoxy) is 1. The predicted octanol–water partition coefficient (Wildman–Crippen LogP) is 2.84. The third-order valence-electron chi connectivity index (χ3n) is 3.67. The first-order valence-corrected chi connectivity index (χ1v) is 7.32. The Bertz CT molecular complexity index is 286. The molecule has 3 nitrogen and oxygen atoms in total. The van der Waals surface area contributed by atoms with E-state index < -0.39 is 0 Å². The summed E-state index contributed by atoms with van der Waals surface area (Å²) in [5, 5.41) is 0. The molecule has 104 valence electrons. The highest BCUT2D eigenvalue weighted by molar-refractivity contribution is 5.75. The van der Waals surface area contributed by atoms with Gasteiger partial charge in [-0.1, -0.05) is 0 Å². The highest BCUT2D eigenvalue weighted by Gasteiger charge is 2.34. The normalized spacial score (nSPS) is 22.1. The summed E-state index contributed by atoms with van der Waals surface area (Å²) in [6.45, 7) is 9.96. The first-order chi connectivity index (χ1) is 8.35. The highest BCUT2D eigenvalue weighted by Crippen LogP contribution is 2.34. The Balaban J connectivity index is 1.87. The molecule has 0 amide bonds. The smallest absolute Gasteiger partial charge is 0.323 e. The topological polar surface area (TPSA) is 29.5 Å². The number of hydrogen-bond donors (Lipinski definition) is 0. The van der Waals surface area contributed by atoms with Crippen LogP contribution in [0.2, 0.25) is 0 Å². The van der Waals surface area contributed by atoms with Crippen LogP contribution >= 0.6 is 0 Å². The molecule has 0 spiro atoms. The molecule has 0 bridgehead atoms. The van der Waals surface area contributed by atoms with Gasteiger partial charge in [0.15, 0.2) is 0 Å². The molecule has 2 aliphatic rings. The van der Waals surface area contributed by atoms with Gasteiger partial charge in [0, 0.05) is 13.1 Å². The van der Waals surface area contributed by atoms with E-state index >= 15 is 0 Å². The Morgan fingerprint density at radius 3 is 1.94 bits per heavy atom. The van der Waals surface area contributed by atoms with Gasteiger partial charge in [0.1, 0.15) is 11.6 Å². The second-order valence-corrected chi connectivity index (χ2v) is 7.05. The summed E-state index contributed by atoms with van der Waals surface area (Å²) < 4.78 is 5.50. The van der Waals surface area contributed by atoms with E-state index in [1.807, 2.05) is 27.7 Å². The van der Waals surface area contributed by atoms with E-state index in [2.05, 4.69) is 4.90 Å². The first-order valence-electron chi connectivity index (χ1n) is 7.32. The fourth-order valence-electron chi connectivity index (χ4n) is 2.19. The second kappa shape index (κ2) is 5.20. The SMILES string of the molecule is CC(C(=O)OC(C)(C)C)N(CC1CC1)CC1CC1. The Hall–Kier alpha value is -0.570. The van der Waals surface area contributed by atoms with Crippen molar-refractivity contribution in [3.05, 3.63) is 0 Å². The van der Waals surface area contributed by atoms with Gasteiger partial charge in [0.05, 0.1) is 0 Å². The number of carbonyl (C=O) groups excluding carboxylic acids is 1. The number of hydrogen-bond acceptors (Lipinski definition) is 3. The number of esters is 1. The molecule has 1 unspecified atom stereocenters. The molecule has 2 saturated carbocycles. The van der Waals surface area contributed by atoms with E-state index in [1.165, 1.54) is 25.7 Å². The van der Waals surface area contributed by atoms with Crippen LogP contribution in [0.4, 0.5) is 0 Å². The maximum absolute atomic E-state index is 12.1. The molecule has 0 radical (unpaired) electrons. The van der Waals surface area contributed by atoms with Gasteiger partial charge >= 0.3 is 5.97 Å². The molecule has 2 fully saturated rings. The molecule has 0 aromatic rings. The molecular weight excluding hydrogens is 226 g/mol. The molecule has 0 N–H and O–H groups in total. The molecule has 0 saturated heterocycles. The van der Waals surface area contributed by atoms with Crippen LogP contribution in [0.25, 0.3) is 0 Å². The molecule has 18 heavy (non-hydrogen) atoms. The third kappa shape index (κ3) is 4.60. The zero-order valence-corrected chi connectivity index (χ0v) is 12.2. The summed E-state index contributed by atoms with van der Waals surface area (Å²) in [5.74, 6) is 1.59. The lowest BCUT2D eigenvalue weighted by atomic mass is 10.1. The van der Waals surface area contributed by atoms with Crippen molar-refractivity contribution in [2.24, 2.45) is 11.8 Å². The molecule has 1 atom stereocenters. The van der Waals surface area contributed by atoms with Gasteiger partial charge in [0.25, 0.3) is 0 Å². The maximum atomic E-state index is 12.1. The Morgan fingerprint density at radius 1 is 1.17 bits per heavy atom. The zero-order chi connectivity index (χ0) is 13.3. The monoisotopic (exact) mass is 253 g/mol. The number of carbonyl (C=O) groups is 1. The van der Waals surface area contributed by atoms with E-state index in [0.717, 1.165) is 24.9 Å². The highest BCUT2D eigenvalue weighted by atomic mass is 16.6. The maximum Gasteiger partial charge on any atom is 0.323 e. The van der Waals surface area contributed by atoms with E-state index in [1.54, 1.807) is 0 Å². The van der Waals surface area contributed by atoms with Crippen molar-refractivity contribution in [2.75, 3.05) is 13.1 Å². The van der Waals surface area contributed by atoms with Gasteiger partial charge in [-0.05, 0) is 65.2 Å². The summed E-state index contributed by atoms with van der Waals surface area (Å²) in [6.07, 6.45) is 5.34. The van der Waals surface area contributed by atoms with Crippen molar-refractivity contribution in [2.45, 2.75) is 65.0 Å². The summed E-state index contributed by atoms with van der Waals surface area (Å²) in [6, 6.07) is -0.0922. The molecule has 2 rings (SSSR count). The average molecular weight is 253 g/mol. The third-order valence-corrected chi connectivity index (χ3v) is 3.67. The fraction of sp³-hybridized carbons (Fsp3) is 0.933. The second-order valence-electron chi connectivity index (χ2n) is 7.05. The van der Waals surface area contributed by atoms with Gasteiger partial charge in [0.2, 0.25) is 0 Å². The minimum Gasteiger partial charge on any atom is -0.459 e. The summed E-state index contributed by atoms with van der Waals surface area (Å²) >= 11 is 0. The molecule has 3 heteroatoms. The van der Waals surface area contributed by atoms with Crippen LogP contribution in [-0.4, -0.2) is 35.6 Å². The predicted molar refractivity (Wildman–Crippen MR) is 72.3 cm³/mol. The Morgan fingerprint density at radius 2 is 1.61 bits per heavy atom. The van der Waals surface area contributed by atoms with E-state index in [-0.39, 0.29) is 17.6 Å². The van der Waals surface area contributed by atoms with Crippen LogP contribution < -0.4 is 0 Å². The first kappa shape index (κ1) is 13.9. The molecular formula is C15H27NO2. The minimum absolute atomic E-state index is 0.0659. The van der Waals surface area contributed by atoms with E-state index in [0.29, 0.717) is 0 Å². The van der Waals surface area contributed by atoms with E-state index in [9.17, 15) is 4.79 Å². The van der Waals surface area contributed by atoms with E-state index in [4.69, 9.17) is 4.74 Å². The van der Waals surface area contributed by atoms with Gasteiger partial charge in [-0.3, -0.25) is 9.69 Å². The molecule has 0 heterocycles. The summed E-state index contributed by atoms with van der Waals surface area (Å²) in [5.41, 5.74) is -0.379. The van der Waals surface area contributed by atoms with Crippen molar-refractivity contribution >= 4 is 5.97 Å².